The Balaban J connectivity index is 1.97. The van der Waals surface area contributed by atoms with E-state index in [9.17, 15) is 9.59 Å². The lowest BCUT2D eigenvalue weighted by Gasteiger charge is -2.24. The summed E-state index contributed by atoms with van der Waals surface area (Å²) in [4.78, 5) is 28.2. The van der Waals surface area contributed by atoms with E-state index in [1.807, 2.05) is 29.2 Å². The zero-order valence-corrected chi connectivity index (χ0v) is 16.5. The van der Waals surface area contributed by atoms with Crippen molar-refractivity contribution in [2.45, 2.75) is 32.7 Å². The number of nitrogens with zero attached hydrogens (tertiary/aromatic N) is 2. The molecule has 6 heteroatoms. The number of para-hydroxylation sites is 1. The van der Waals surface area contributed by atoms with Gasteiger partial charge in [0.1, 0.15) is 5.75 Å². The van der Waals surface area contributed by atoms with Crippen molar-refractivity contribution in [1.29, 1.82) is 0 Å². The monoisotopic (exact) mass is 361 g/mol. The summed E-state index contributed by atoms with van der Waals surface area (Å²) < 4.78 is 5.36. The molecule has 0 spiro atoms. The van der Waals surface area contributed by atoms with Gasteiger partial charge in [0.25, 0.3) is 0 Å². The molecule has 1 aromatic carbocycles. The van der Waals surface area contributed by atoms with Crippen molar-refractivity contribution in [3.63, 3.8) is 0 Å². The summed E-state index contributed by atoms with van der Waals surface area (Å²) >= 11 is 0. The van der Waals surface area contributed by atoms with Gasteiger partial charge in [0.05, 0.1) is 13.2 Å². The van der Waals surface area contributed by atoms with Gasteiger partial charge < -0.3 is 19.9 Å². The van der Waals surface area contributed by atoms with Crippen LogP contribution in [-0.4, -0.2) is 62.1 Å². The minimum absolute atomic E-state index is 0.000103. The molecule has 1 N–H and O–H groups in total. The molecule has 0 aromatic heterocycles. The Hall–Kier alpha value is -2.24. The van der Waals surface area contributed by atoms with E-state index in [0.717, 1.165) is 11.3 Å². The second kappa shape index (κ2) is 8.92. The molecular formula is C20H31N3O3. The average Bonchev–Trinajstić information content (AvgIpc) is 3.04. The fourth-order valence-electron chi connectivity index (χ4n) is 3.46. The van der Waals surface area contributed by atoms with E-state index in [1.165, 1.54) is 4.90 Å². The Kier molecular flexibility index (Phi) is 6.89. The van der Waals surface area contributed by atoms with Crippen LogP contribution in [0.4, 0.5) is 4.79 Å². The summed E-state index contributed by atoms with van der Waals surface area (Å²) in [5.41, 5.74) is 1.04. The molecule has 3 amide bonds. The number of carbonyl (C=O) groups excluding carboxylic acids is 2. The van der Waals surface area contributed by atoms with Crippen LogP contribution in [0.15, 0.2) is 24.3 Å². The molecule has 2 rings (SSSR count). The molecule has 0 saturated carbocycles. The van der Waals surface area contributed by atoms with Crippen molar-refractivity contribution in [3.8, 4) is 5.75 Å². The molecule has 0 aliphatic carbocycles. The van der Waals surface area contributed by atoms with E-state index in [2.05, 4.69) is 19.2 Å². The Morgan fingerprint density at radius 1 is 1.27 bits per heavy atom. The van der Waals surface area contributed by atoms with Gasteiger partial charge in [-0.3, -0.25) is 4.79 Å². The molecule has 1 aliphatic rings. The number of ether oxygens (including phenoxy) is 1. The Bertz CT molecular complexity index is 630. The second-order valence-corrected chi connectivity index (χ2v) is 7.47. The van der Waals surface area contributed by atoms with Gasteiger partial charge in [-0.15, -0.1) is 0 Å². The lowest BCUT2D eigenvalue weighted by atomic mass is 9.91. The highest BCUT2D eigenvalue weighted by Gasteiger charge is 2.37. The molecule has 1 heterocycles. The standard InChI is InChI=1S/C20H31N3O3/c1-14(2)16-12-23(13-17(16)21-20(25)22(3)4)19(24)11-10-15-8-6-7-9-18(15)26-5/h6-9,14,16-17H,10-13H2,1-5H3,(H,21,25)/t16-,17+/m0/s1. The van der Waals surface area contributed by atoms with E-state index in [4.69, 9.17) is 4.74 Å². The van der Waals surface area contributed by atoms with Crippen molar-refractivity contribution < 1.29 is 14.3 Å². The van der Waals surface area contributed by atoms with Crippen LogP contribution in [0.3, 0.4) is 0 Å². The summed E-state index contributed by atoms with van der Waals surface area (Å²) in [5, 5.41) is 3.06. The summed E-state index contributed by atoms with van der Waals surface area (Å²) in [6.45, 7) is 5.55. The molecule has 1 saturated heterocycles. The normalized spacial score (nSPS) is 19.5. The van der Waals surface area contributed by atoms with Gasteiger partial charge in [-0.05, 0) is 24.0 Å². The zero-order valence-electron chi connectivity index (χ0n) is 16.5. The van der Waals surface area contributed by atoms with E-state index in [-0.39, 0.29) is 23.9 Å². The van der Waals surface area contributed by atoms with E-state index in [1.54, 1.807) is 21.2 Å². The SMILES string of the molecule is COc1ccccc1CCC(=O)N1C[C@@H](NC(=O)N(C)C)[C@H](C(C)C)C1. The van der Waals surface area contributed by atoms with Gasteiger partial charge in [0.2, 0.25) is 5.91 Å². The topological polar surface area (TPSA) is 61.9 Å². The third kappa shape index (κ3) is 4.90. The molecule has 1 aromatic rings. The van der Waals surface area contributed by atoms with E-state index in [0.29, 0.717) is 31.8 Å². The van der Waals surface area contributed by atoms with Crippen molar-refractivity contribution in [2.75, 3.05) is 34.3 Å². The fourth-order valence-corrected chi connectivity index (χ4v) is 3.46. The predicted molar refractivity (Wildman–Crippen MR) is 102 cm³/mol. The highest BCUT2D eigenvalue weighted by Crippen LogP contribution is 2.26. The zero-order chi connectivity index (χ0) is 19.3. The van der Waals surface area contributed by atoms with Gasteiger partial charge >= 0.3 is 6.03 Å². The highest BCUT2D eigenvalue weighted by molar-refractivity contribution is 5.78. The fraction of sp³-hybridized carbons (Fsp3) is 0.600. The highest BCUT2D eigenvalue weighted by atomic mass is 16.5. The number of likely N-dealkylation sites (tertiary alicyclic amines) is 1. The summed E-state index contributed by atoms with van der Waals surface area (Å²) in [6.07, 6.45) is 1.10. The number of benzene rings is 1. The maximum absolute atomic E-state index is 12.7. The third-order valence-corrected chi connectivity index (χ3v) is 5.09. The lowest BCUT2D eigenvalue weighted by molar-refractivity contribution is -0.130. The van der Waals surface area contributed by atoms with Crippen molar-refractivity contribution in [1.82, 2.24) is 15.1 Å². The Labute approximate surface area is 156 Å². The van der Waals surface area contributed by atoms with Crippen LogP contribution in [0.1, 0.15) is 25.8 Å². The average molecular weight is 361 g/mol. The quantitative estimate of drug-likeness (QED) is 0.846. The first kappa shape index (κ1) is 20.1. The number of nitrogens with one attached hydrogen (secondary N) is 1. The minimum atomic E-state index is -0.107. The molecule has 1 aliphatic heterocycles. The Morgan fingerprint density at radius 2 is 1.96 bits per heavy atom. The number of methoxy groups -OCH3 is 1. The molecule has 144 valence electrons. The van der Waals surface area contributed by atoms with E-state index < -0.39 is 0 Å². The van der Waals surface area contributed by atoms with Crippen molar-refractivity contribution in [3.05, 3.63) is 29.8 Å². The van der Waals surface area contributed by atoms with Crippen molar-refractivity contribution in [2.24, 2.45) is 11.8 Å². The molecule has 1 fully saturated rings. The summed E-state index contributed by atoms with van der Waals surface area (Å²) in [5.74, 6) is 1.62. The van der Waals surface area contributed by atoms with Crippen molar-refractivity contribution >= 4 is 11.9 Å². The Morgan fingerprint density at radius 3 is 2.58 bits per heavy atom. The number of amides is 3. The van der Waals surface area contributed by atoms with Gasteiger partial charge in [0, 0.05) is 39.5 Å². The first-order valence-corrected chi connectivity index (χ1v) is 9.21. The lowest BCUT2D eigenvalue weighted by Crippen LogP contribution is -2.46. The first-order chi connectivity index (χ1) is 12.3. The van der Waals surface area contributed by atoms with Gasteiger partial charge in [-0.2, -0.15) is 0 Å². The van der Waals surface area contributed by atoms with Crippen LogP contribution < -0.4 is 10.1 Å². The van der Waals surface area contributed by atoms with Crippen LogP contribution >= 0.6 is 0 Å². The number of rotatable bonds is 6. The van der Waals surface area contributed by atoms with E-state index >= 15 is 0 Å². The van der Waals surface area contributed by atoms with Crippen LogP contribution in [0.5, 0.6) is 5.75 Å². The summed E-state index contributed by atoms with van der Waals surface area (Å²) in [7, 11) is 5.10. The van der Waals surface area contributed by atoms with Crippen LogP contribution in [0, 0.1) is 11.8 Å². The van der Waals surface area contributed by atoms with Crippen LogP contribution in [0.25, 0.3) is 0 Å². The van der Waals surface area contributed by atoms with Crippen LogP contribution in [0.2, 0.25) is 0 Å². The maximum Gasteiger partial charge on any atom is 0.317 e. The molecule has 0 unspecified atom stereocenters. The molecule has 6 nitrogen and oxygen atoms in total. The largest absolute Gasteiger partial charge is 0.496 e. The molecule has 0 bridgehead atoms. The molecule has 26 heavy (non-hydrogen) atoms. The maximum atomic E-state index is 12.7. The van der Waals surface area contributed by atoms with Gasteiger partial charge in [-0.25, -0.2) is 4.79 Å². The number of hydrogen-bond donors (Lipinski definition) is 1. The van der Waals surface area contributed by atoms with Gasteiger partial charge in [-0.1, -0.05) is 32.0 Å². The van der Waals surface area contributed by atoms with Crippen LogP contribution in [-0.2, 0) is 11.2 Å². The third-order valence-electron chi connectivity index (χ3n) is 5.09. The predicted octanol–water partition coefficient (Wildman–Crippen LogP) is 2.38. The molecule has 2 atom stereocenters. The molecule has 0 radical (unpaired) electrons. The first-order valence-electron chi connectivity index (χ1n) is 9.21. The smallest absolute Gasteiger partial charge is 0.317 e. The molecular weight excluding hydrogens is 330 g/mol. The number of aryl methyl sites for hydroxylation is 1. The van der Waals surface area contributed by atoms with Gasteiger partial charge in [0.15, 0.2) is 0 Å². The minimum Gasteiger partial charge on any atom is -0.496 e. The number of hydrogen-bond acceptors (Lipinski definition) is 3. The summed E-state index contributed by atoms with van der Waals surface area (Å²) in [6, 6.07) is 7.68. The second-order valence-electron chi connectivity index (χ2n) is 7.47. The number of urea groups is 1. The number of carbonyl (C=O) groups is 2.